The van der Waals surface area contributed by atoms with Crippen LogP contribution in [0.15, 0.2) is 54.6 Å². The van der Waals surface area contributed by atoms with Gasteiger partial charge in [0.2, 0.25) is 0 Å². The Morgan fingerprint density at radius 3 is 2.46 bits per heavy atom. The van der Waals surface area contributed by atoms with Crippen LogP contribution in [0.3, 0.4) is 0 Å². The zero-order valence-electron chi connectivity index (χ0n) is 15.8. The number of rotatable bonds is 3. The highest BCUT2D eigenvalue weighted by molar-refractivity contribution is 5.40. The van der Waals surface area contributed by atoms with Crippen molar-refractivity contribution in [1.82, 2.24) is 0 Å². The fourth-order valence-corrected chi connectivity index (χ4v) is 4.63. The predicted octanol–water partition coefficient (Wildman–Crippen LogP) is 5.35. The average molecular weight is 352 g/mol. The quantitative estimate of drug-likeness (QED) is 0.809. The first kappa shape index (κ1) is 17.6. The van der Waals surface area contributed by atoms with Crippen LogP contribution in [0.1, 0.15) is 45.3 Å². The molecule has 0 amide bonds. The lowest BCUT2D eigenvalue weighted by molar-refractivity contribution is -0.215. The van der Waals surface area contributed by atoms with Crippen LogP contribution in [0.4, 0.5) is 0 Å². The molecule has 0 aromatic heterocycles. The van der Waals surface area contributed by atoms with Gasteiger partial charge >= 0.3 is 0 Å². The van der Waals surface area contributed by atoms with Crippen molar-refractivity contribution in [2.75, 3.05) is 0 Å². The summed E-state index contributed by atoms with van der Waals surface area (Å²) in [5, 5.41) is 10.6. The summed E-state index contributed by atoms with van der Waals surface area (Å²) in [6.45, 7) is 6.47. The van der Waals surface area contributed by atoms with E-state index < -0.39 is 0 Å². The van der Waals surface area contributed by atoms with E-state index in [9.17, 15) is 5.11 Å². The van der Waals surface area contributed by atoms with Crippen LogP contribution in [0.5, 0.6) is 11.5 Å². The average Bonchev–Trinajstić information content (AvgIpc) is 2.63. The molecule has 4 rings (SSSR count). The van der Waals surface area contributed by atoms with Gasteiger partial charge in [-0.3, -0.25) is 0 Å². The lowest BCUT2D eigenvalue weighted by atomic mass is 9.63. The monoisotopic (exact) mass is 352 g/mol. The van der Waals surface area contributed by atoms with Crippen LogP contribution in [0.25, 0.3) is 0 Å². The molecule has 1 saturated carbocycles. The maximum Gasteiger partial charge on any atom is 0.133 e. The van der Waals surface area contributed by atoms with Gasteiger partial charge in [-0.2, -0.15) is 0 Å². The summed E-state index contributed by atoms with van der Waals surface area (Å²) in [7, 11) is 0. The Hall–Kier alpha value is -1.84. The van der Waals surface area contributed by atoms with Crippen molar-refractivity contribution in [1.29, 1.82) is 0 Å². The summed E-state index contributed by atoms with van der Waals surface area (Å²) < 4.78 is 12.8. The van der Waals surface area contributed by atoms with Gasteiger partial charge in [-0.25, -0.2) is 0 Å². The molecular formula is C23H28O3. The molecule has 1 aliphatic heterocycles. The molecule has 5 atom stereocenters. The maximum absolute atomic E-state index is 10.6. The summed E-state index contributed by atoms with van der Waals surface area (Å²) in [4.78, 5) is 0. The summed E-state index contributed by atoms with van der Waals surface area (Å²) >= 11 is 0. The first-order valence-electron chi connectivity index (χ1n) is 9.63. The van der Waals surface area contributed by atoms with E-state index in [1.807, 2.05) is 48.5 Å². The number of hydrogen-bond acceptors (Lipinski definition) is 3. The maximum atomic E-state index is 10.6. The molecule has 26 heavy (non-hydrogen) atoms. The summed E-state index contributed by atoms with van der Waals surface area (Å²) in [6, 6.07) is 18.0. The minimum atomic E-state index is -0.258. The van der Waals surface area contributed by atoms with E-state index in [2.05, 4.69) is 26.8 Å². The van der Waals surface area contributed by atoms with E-state index in [1.165, 1.54) is 0 Å². The van der Waals surface area contributed by atoms with Gasteiger partial charge in [-0.05, 0) is 62.6 Å². The van der Waals surface area contributed by atoms with Gasteiger partial charge in [-0.1, -0.05) is 43.3 Å². The molecule has 2 aromatic rings. The molecule has 0 radical (unpaired) electrons. The minimum Gasteiger partial charge on any atom is -0.457 e. The zero-order valence-corrected chi connectivity index (χ0v) is 15.8. The number of benzene rings is 2. The van der Waals surface area contributed by atoms with Gasteiger partial charge in [-0.15, -0.1) is 0 Å². The molecule has 1 N–H and O–H groups in total. The molecule has 2 unspecified atom stereocenters. The Morgan fingerprint density at radius 1 is 1.00 bits per heavy atom. The summed E-state index contributed by atoms with van der Waals surface area (Å²) in [5.41, 5.74) is 0.830. The number of para-hydroxylation sites is 2. The van der Waals surface area contributed by atoms with Crippen molar-refractivity contribution >= 4 is 0 Å². The second-order valence-corrected chi connectivity index (χ2v) is 8.35. The van der Waals surface area contributed by atoms with Crippen LogP contribution in [-0.2, 0) is 4.74 Å². The van der Waals surface area contributed by atoms with E-state index in [-0.39, 0.29) is 23.7 Å². The van der Waals surface area contributed by atoms with Crippen molar-refractivity contribution in [3.8, 4) is 11.5 Å². The van der Waals surface area contributed by atoms with Crippen LogP contribution >= 0.6 is 0 Å². The van der Waals surface area contributed by atoms with E-state index in [0.717, 1.165) is 29.9 Å². The zero-order chi connectivity index (χ0) is 18.3. The summed E-state index contributed by atoms with van der Waals surface area (Å²) in [6.07, 6.45) is 1.60. The van der Waals surface area contributed by atoms with Gasteiger partial charge < -0.3 is 14.6 Å². The van der Waals surface area contributed by atoms with Gasteiger partial charge in [0.25, 0.3) is 0 Å². The molecular weight excluding hydrogens is 324 g/mol. The topological polar surface area (TPSA) is 38.7 Å². The molecule has 0 spiro atoms. The van der Waals surface area contributed by atoms with Crippen molar-refractivity contribution in [2.24, 2.45) is 17.8 Å². The third-order valence-corrected chi connectivity index (χ3v) is 6.36. The number of fused-ring (bicyclic) bond motifs is 2. The standard InChI is InChI=1S/C23H28O3/c1-15-19-13-16(14-20(15)24)23(2,3)26-22(19)18-11-7-8-12-21(18)25-17-9-5-4-6-10-17/h4-12,15-16,19-20,22,24H,13-14H2,1-3H3/t15-,16?,19?,20-,22-/m0/s1. The van der Waals surface area contributed by atoms with Crippen LogP contribution < -0.4 is 4.74 Å². The third kappa shape index (κ3) is 3.15. The lowest BCUT2D eigenvalue weighted by Gasteiger charge is -2.53. The second kappa shape index (κ2) is 6.71. The van der Waals surface area contributed by atoms with Crippen molar-refractivity contribution in [3.05, 3.63) is 60.2 Å². The van der Waals surface area contributed by atoms with E-state index in [4.69, 9.17) is 9.47 Å². The number of aliphatic hydroxyl groups excluding tert-OH is 1. The molecule has 1 aliphatic carbocycles. The largest absolute Gasteiger partial charge is 0.457 e. The third-order valence-electron chi connectivity index (χ3n) is 6.36. The van der Waals surface area contributed by atoms with Crippen molar-refractivity contribution in [3.63, 3.8) is 0 Å². The van der Waals surface area contributed by atoms with Crippen LogP contribution in [0.2, 0.25) is 0 Å². The SMILES string of the molecule is C[C@H]1C2CC(C[C@@H]1O)C(C)(C)O[C@H]2c1ccccc1Oc1ccccc1. The highest BCUT2D eigenvalue weighted by atomic mass is 16.5. The Morgan fingerprint density at radius 2 is 1.69 bits per heavy atom. The fraction of sp³-hybridized carbons (Fsp3) is 0.478. The van der Waals surface area contributed by atoms with Gasteiger partial charge in [0.05, 0.1) is 17.8 Å². The van der Waals surface area contributed by atoms with Gasteiger partial charge in [0, 0.05) is 5.56 Å². The van der Waals surface area contributed by atoms with Crippen molar-refractivity contribution in [2.45, 2.75) is 51.4 Å². The van der Waals surface area contributed by atoms with E-state index >= 15 is 0 Å². The smallest absolute Gasteiger partial charge is 0.133 e. The molecule has 2 fully saturated rings. The molecule has 2 aromatic carbocycles. The first-order valence-corrected chi connectivity index (χ1v) is 9.63. The van der Waals surface area contributed by atoms with E-state index in [1.54, 1.807) is 0 Å². The first-order chi connectivity index (χ1) is 12.5. The molecule has 3 heteroatoms. The Kier molecular flexibility index (Phi) is 4.54. The van der Waals surface area contributed by atoms with Gasteiger partial charge in [0.1, 0.15) is 11.5 Å². The van der Waals surface area contributed by atoms with Gasteiger partial charge in [0.15, 0.2) is 0 Å². The highest BCUT2D eigenvalue weighted by Crippen LogP contribution is 2.54. The Bertz CT molecular complexity index is 755. The minimum absolute atomic E-state index is 0.0638. The summed E-state index contributed by atoms with van der Waals surface area (Å²) in [5.74, 6) is 2.58. The van der Waals surface area contributed by atoms with E-state index in [0.29, 0.717) is 11.8 Å². The Balaban J connectivity index is 1.70. The number of aliphatic hydroxyl groups is 1. The number of hydrogen-bond donors (Lipinski definition) is 1. The molecule has 1 saturated heterocycles. The van der Waals surface area contributed by atoms with Crippen LogP contribution in [-0.4, -0.2) is 16.8 Å². The lowest BCUT2D eigenvalue weighted by Crippen LogP contribution is -2.52. The molecule has 2 aliphatic rings. The Labute approximate surface area is 156 Å². The predicted molar refractivity (Wildman–Crippen MR) is 102 cm³/mol. The normalized spacial score (nSPS) is 32.8. The highest BCUT2D eigenvalue weighted by Gasteiger charge is 2.51. The molecule has 138 valence electrons. The molecule has 3 nitrogen and oxygen atoms in total. The number of ether oxygens (including phenoxy) is 2. The molecule has 1 heterocycles. The van der Waals surface area contributed by atoms with Crippen LogP contribution in [0, 0.1) is 17.8 Å². The van der Waals surface area contributed by atoms with Crippen molar-refractivity contribution < 1.29 is 14.6 Å². The fourth-order valence-electron chi connectivity index (χ4n) is 4.63. The molecule has 2 bridgehead atoms. The second-order valence-electron chi connectivity index (χ2n) is 8.35.